The summed E-state index contributed by atoms with van der Waals surface area (Å²) in [5.74, 6) is 0. The third kappa shape index (κ3) is 3.25. The molecule has 0 fully saturated rings. The summed E-state index contributed by atoms with van der Waals surface area (Å²) in [6.45, 7) is 0.434. The van der Waals surface area contributed by atoms with Crippen molar-refractivity contribution in [3.8, 4) is 6.07 Å². The van der Waals surface area contributed by atoms with Crippen LogP contribution in [0.15, 0.2) is 42.5 Å². The van der Waals surface area contributed by atoms with Gasteiger partial charge in [0.1, 0.15) is 6.07 Å². The number of nitrogens with one attached hydrogen (secondary N) is 1. The summed E-state index contributed by atoms with van der Waals surface area (Å²) < 4.78 is 0. The highest BCUT2D eigenvalue weighted by Gasteiger charge is 2.06. The number of anilines is 1. The van der Waals surface area contributed by atoms with E-state index in [1.807, 2.05) is 6.07 Å². The Kier molecular flexibility index (Phi) is 4.18. The van der Waals surface area contributed by atoms with Crippen LogP contribution in [0, 0.1) is 21.4 Å². The number of nitro benzene ring substituents is 1. The second-order valence-electron chi connectivity index (χ2n) is 4.09. The number of nitrogens with zero attached hydrogens (tertiary/aromatic N) is 2. The van der Waals surface area contributed by atoms with E-state index in [0.717, 1.165) is 11.3 Å². The van der Waals surface area contributed by atoms with Gasteiger partial charge in [-0.2, -0.15) is 5.26 Å². The first kappa shape index (κ1) is 13.8. The minimum absolute atomic E-state index is 0.0576. The highest BCUT2D eigenvalue weighted by molar-refractivity contribution is 6.32. The van der Waals surface area contributed by atoms with Crippen molar-refractivity contribution < 1.29 is 4.92 Å². The first-order valence-electron chi connectivity index (χ1n) is 5.77. The van der Waals surface area contributed by atoms with Crippen LogP contribution in [-0.4, -0.2) is 4.92 Å². The van der Waals surface area contributed by atoms with E-state index < -0.39 is 4.92 Å². The van der Waals surface area contributed by atoms with Gasteiger partial charge in [-0.1, -0.05) is 23.7 Å². The predicted molar refractivity (Wildman–Crippen MR) is 76.6 cm³/mol. The van der Waals surface area contributed by atoms with E-state index in [2.05, 4.69) is 5.32 Å². The van der Waals surface area contributed by atoms with Gasteiger partial charge in [0, 0.05) is 24.4 Å². The van der Waals surface area contributed by atoms with E-state index in [9.17, 15) is 10.1 Å². The quantitative estimate of drug-likeness (QED) is 0.686. The van der Waals surface area contributed by atoms with Gasteiger partial charge in [0.2, 0.25) is 0 Å². The van der Waals surface area contributed by atoms with E-state index in [0.29, 0.717) is 17.1 Å². The molecular weight excluding hydrogens is 278 g/mol. The lowest BCUT2D eigenvalue weighted by molar-refractivity contribution is -0.384. The summed E-state index contributed by atoms with van der Waals surface area (Å²) in [5, 5.41) is 22.9. The monoisotopic (exact) mass is 287 g/mol. The Morgan fingerprint density at radius 3 is 2.75 bits per heavy atom. The van der Waals surface area contributed by atoms with Crippen molar-refractivity contribution in [1.29, 1.82) is 5.26 Å². The third-order valence-electron chi connectivity index (χ3n) is 2.71. The van der Waals surface area contributed by atoms with E-state index in [1.165, 1.54) is 12.1 Å². The van der Waals surface area contributed by atoms with Crippen molar-refractivity contribution >= 4 is 23.0 Å². The van der Waals surface area contributed by atoms with Gasteiger partial charge in [0.25, 0.3) is 5.69 Å². The highest BCUT2D eigenvalue weighted by atomic mass is 35.5. The number of nitro groups is 1. The minimum atomic E-state index is -0.428. The molecule has 0 saturated heterocycles. The molecule has 0 spiro atoms. The molecule has 0 atom stereocenters. The third-order valence-corrected chi connectivity index (χ3v) is 3.02. The zero-order valence-corrected chi connectivity index (χ0v) is 11.1. The molecule has 2 aromatic rings. The maximum absolute atomic E-state index is 10.7. The maximum Gasteiger partial charge on any atom is 0.269 e. The van der Waals surface area contributed by atoms with Gasteiger partial charge < -0.3 is 5.32 Å². The molecule has 1 N–H and O–H groups in total. The molecule has 0 bridgehead atoms. The van der Waals surface area contributed by atoms with Crippen LogP contribution in [0.25, 0.3) is 0 Å². The molecule has 0 aliphatic rings. The number of non-ortho nitro benzene ring substituents is 1. The van der Waals surface area contributed by atoms with Gasteiger partial charge in [0.15, 0.2) is 0 Å². The molecule has 0 radical (unpaired) electrons. The van der Waals surface area contributed by atoms with Crippen LogP contribution in [0.4, 0.5) is 11.4 Å². The second-order valence-corrected chi connectivity index (χ2v) is 4.49. The Balaban J connectivity index is 2.09. The van der Waals surface area contributed by atoms with Gasteiger partial charge in [-0.3, -0.25) is 10.1 Å². The van der Waals surface area contributed by atoms with Crippen LogP contribution in [0.5, 0.6) is 0 Å². The molecule has 6 heteroatoms. The Morgan fingerprint density at radius 2 is 2.10 bits per heavy atom. The average Bonchev–Trinajstić information content (AvgIpc) is 2.45. The van der Waals surface area contributed by atoms with Crippen molar-refractivity contribution in [3.63, 3.8) is 0 Å². The van der Waals surface area contributed by atoms with Crippen LogP contribution in [0.3, 0.4) is 0 Å². The predicted octanol–water partition coefficient (Wildman–Crippen LogP) is 3.73. The fraction of sp³-hybridized carbons (Fsp3) is 0.0714. The summed E-state index contributed by atoms with van der Waals surface area (Å²) in [6.07, 6.45) is 0. The van der Waals surface area contributed by atoms with Crippen molar-refractivity contribution in [1.82, 2.24) is 0 Å². The van der Waals surface area contributed by atoms with Gasteiger partial charge >= 0.3 is 0 Å². The summed E-state index contributed by atoms with van der Waals surface area (Å²) >= 11 is 5.93. The SMILES string of the molecule is N#Cc1ccc(NCc2cccc([N+](=O)[O-])c2)cc1Cl. The van der Waals surface area contributed by atoms with Gasteiger partial charge in [-0.05, 0) is 23.8 Å². The number of hydrogen-bond donors (Lipinski definition) is 1. The molecular formula is C14H10ClN3O2. The lowest BCUT2D eigenvalue weighted by atomic mass is 10.2. The number of nitriles is 1. The zero-order chi connectivity index (χ0) is 14.5. The topological polar surface area (TPSA) is 79.0 Å². The number of benzene rings is 2. The van der Waals surface area contributed by atoms with Crippen LogP contribution in [0.1, 0.15) is 11.1 Å². The number of hydrogen-bond acceptors (Lipinski definition) is 4. The van der Waals surface area contributed by atoms with E-state index >= 15 is 0 Å². The molecule has 0 aromatic heterocycles. The molecule has 0 saturated carbocycles. The first-order chi connectivity index (χ1) is 9.60. The van der Waals surface area contributed by atoms with Crippen molar-refractivity contribution in [3.05, 3.63) is 68.7 Å². The van der Waals surface area contributed by atoms with Crippen molar-refractivity contribution in [2.75, 3.05) is 5.32 Å². The average molecular weight is 288 g/mol. The fourth-order valence-corrected chi connectivity index (χ4v) is 1.92. The van der Waals surface area contributed by atoms with E-state index in [-0.39, 0.29) is 5.69 Å². The molecule has 100 valence electrons. The normalized spacial score (nSPS) is 9.80. The molecule has 20 heavy (non-hydrogen) atoms. The molecule has 2 aromatic carbocycles. The molecule has 0 aliphatic carbocycles. The molecule has 0 amide bonds. The Labute approximate surface area is 120 Å². The van der Waals surface area contributed by atoms with Crippen LogP contribution < -0.4 is 5.32 Å². The van der Waals surface area contributed by atoms with Gasteiger partial charge in [-0.25, -0.2) is 0 Å². The van der Waals surface area contributed by atoms with E-state index in [1.54, 1.807) is 30.3 Å². The highest BCUT2D eigenvalue weighted by Crippen LogP contribution is 2.21. The van der Waals surface area contributed by atoms with Gasteiger partial charge in [-0.15, -0.1) is 0 Å². The Bertz CT molecular complexity index is 695. The van der Waals surface area contributed by atoms with E-state index in [4.69, 9.17) is 16.9 Å². The molecule has 0 unspecified atom stereocenters. The summed E-state index contributed by atoms with van der Waals surface area (Å²) in [5.41, 5.74) is 2.01. The fourth-order valence-electron chi connectivity index (χ4n) is 1.70. The van der Waals surface area contributed by atoms with Crippen LogP contribution in [0.2, 0.25) is 5.02 Å². The molecule has 0 heterocycles. The summed E-state index contributed by atoms with van der Waals surface area (Å²) in [6, 6.07) is 13.4. The summed E-state index contributed by atoms with van der Waals surface area (Å²) in [7, 11) is 0. The lowest BCUT2D eigenvalue weighted by Crippen LogP contribution is -2.00. The minimum Gasteiger partial charge on any atom is -0.381 e. The molecule has 0 aliphatic heterocycles. The smallest absolute Gasteiger partial charge is 0.269 e. The summed E-state index contributed by atoms with van der Waals surface area (Å²) in [4.78, 5) is 10.3. The first-order valence-corrected chi connectivity index (χ1v) is 6.15. The number of rotatable bonds is 4. The number of halogens is 1. The zero-order valence-electron chi connectivity index (χ0n) is 10.3. The van der Waals surface area contributed by atoms with Crippen LogP contribution >= 0.6 is 11.6 Å². The largest absolute Gasteiger partial charge is 0.381 e. The lowest BCUT2D eigenvalue weighted by Gasteiger charge is -2.07. The van der Waals surface area contributed by atoms with Crippen molar-refractivity contribution in [2.45, 2.75) is 6.54 Å². The van der Waals surface area contributed by atoms with Crippen LogP contribution in [-0.2, 0) is 6.54 Å². The Morgan fingerprint density at radius 1 is 1.30 bits per heavy atom. The van der Waals surface area contributed by atoms with Crippen molar-refractivity contribution in [2.24, 2.45) is 0 Å². The second kappa shape index (κ2) is 6.04. The standard InChI is InChI=1S/C14H10ClN3O2/c15-14-7-12(5-4-11(14)8-16)17-9-10-2-1-3-13(6-10)18(19)20/h1-7,17H,9H2. The van der Waals surface area contributed by atoms with Gasteiger partial charge in [0.05, 0.1) is 15.5 Å². The maximum atomic E-state index is 10.7. The molecule has 5 nitrogen and oxygen atoms in total. The molecule has 2 rings (SSSR count). The Hall–Kier alpha value is -2.58.